The van der Waals surface area contributed by atoms with Crippen LogP contribution in [0.15, 0.2) is 83.8 Å². The fraction of sp³-hybridized carbons (Fsp3) is 0.269. The Morgan fingerprint density at radius 1 is 0.909 bits per heavy atom. The van der Waals surface area contributed by atoms with Crippen molar-refractivity contribution in [3.63, 3.8) is 0 Å². The molecular formula is C26H30N2O4S. The summed E-state index contributed by atoms with van der Waals surface area (Å²) in [7, 11) is -3.93. The van der Waals surface area contributed by atoms with Gasteiger partial charge in [-0.1, -0.05) is 56.3 Å². The minimum Gasteiger partial charge on any atom is -0.494 e. The largest absolute Gasteiger partial charge is 0.494 e. The van der Waals surface area contributed by atoms with E-state index in [9.17, 15) is 13.2 Å². The van der Waals surface area contributed by atoms with Gasteiger partial charge in [-0.3, -0.25) is 4.79 Å². The molecule has 0 bridgehead atoms. The molecule has 0 fully saturated rings. The molecule has 3 rings (SSSR count). The van der Waals surface area contributed by atoms with Gasteiger partial charge in [0.15, 0.2) is 0 Å². The quantitative estimate of drug-likeness (QED) is 0.452. The molecule has 3 aromatic carbocycles. The maximum Gasteiger partial charge on any atom is 0.242 e. The normalized spacial score (nSPS) is 12.4. The zero-order valence-corrected chi connectivity index (χ0v) is 19.9. The molecule has 0 saturated heterocycles. The lowest BCUT2D eigenvalue weighted by molar-refractivity contribution is -0.117. The van der Waals surface area contributed by atoms with Gasteiger partial charge in [-0.25, -0.2) is 8.42 Å². The van der Waals surface area contributed by atoms with Crippen molar-refractivity contribution < 1.29 is 17.9 Å². The van der Waals surface area contributed by atoms with Gasteiger partial charge in [0.25, 0.3) is 0 Å². The van der Waals surface area contributed by atoms with E-state index in [1.54, 1.807) is 12.1 Å². The average molecular weight is 467 g/mol. The summed E-state index contributed by atoms with van der Waals surface area (Å²) in [6, 6.07) is 22.0. The molecule has 0 radical (unpaired) electrons. The Bertz CT molecular complexity index is 1140. The first kappa shape index (κ1) is 24.5. The SMILES string of the molecule is CCOc1ccc(S(=O)(=O)N[C@H](Cc2ccccc2)C(=O)Nc2ccc(C(C)C)cc2)cc1. The van der Waals surface area contributed by atoms with Crippen LogP contribution in [-0.4, -0.2) is 27.0 Å². The third-order valence-corrected chi connectivity index (χ3v) is 6.67. The van der Waals surface area contributed by atoms with E-state index in [1.807, 2.05) is 61.5 Å². The number of amides is 1. The Labute approximate surface area is 196 Å². The van der Waals surface area contributed by atoms with Gasteiger partial charge >= 0.3 is 0 Å². The third kappa shape index (κ3) is 6.91. The lowest BCUT2D eigenvalue weighted by Crippen LogP contribution is -2.45. The van der Waals surface area contributed by atoms with Gasteiger partial charge < -0.3 is 10.1 Å². The van der Waals surface area contributed by atoms with Gasteiger partial charge in [-0.15, -0.1) is 0 Å². The number of nitrogens with one attached hydrogen (secondary N) is 2. The van der Waals surface area contributed by atoms with Crippen molar-refractivity contribution in [2.75, 3.05) is 11.9 Å². The molecule has 0 spiro atoms. The molecule has 0 aliphatic heterocycles. The zero-order chi connectivity index (χ0) is 23.8. The first-order valence-corrected chi connectivity index (χ1v) is 12.5. The predicted molar refractivity (Wildman–Crippen MR) is 131 cm³/mol. The summed E-state index contributed by atoms with van der Waals surface area (Å²) >= 11 is 0. The van der Waals surface area contributed by atoms with Crippen LogP contribution in [0.1, 0.15) is 37.8 Å². The third-order valence-electron chi connectivity index (χ3n) is 5.19. The van der Waals surface area contributed by atoms with Crippen LogP contribution in [-0.2, 0) is 21.2 Å². The van der Waals surface area contributed by atoms with Crippen LogP contribution < -0.4 is 14.8 Å². The molecule has 6 nitrogen and oxygen atoms in total. The first-order valence-electron chi connectivity index (χ1n) is 11.0. The van der Waals surface area contributed by atoms with Crippen molar-refractivity contribution in [1.82, 2.24) is 4.72 Å². The molecule has 0 aliphatic carbocycles. The highest BCUT2D eigenvalue weighted by Crippen LogP contribution is 2.19. The first-order chi connectivity index (χ1) is 15.8. The second-order valence-electron chi connectivity index (χ2n) is 8.03. The number of hydrogen-bond donors (Lipinski definition) is 2. The Morgan fingerprint density at radius 3 is 2.12 bits per heavy atom. The maximum atomic E-state index is 13.1. The highest BCUT2D eigenvalue weighted by atomic mass is 32.2. The molecule has 3 aromatic rings. The molecule has 174 valence electrons. The second-order valence-corrected chi connectivity index (χ2v) is 9.75. The molecule has 0 unspecified atom stereocenters. The van der Waals surface area contributed by atoms with Gasteiger partial charge in [-0.2, -0.15) is 4.72 Å². The Hall–Kier alpha value is -3.16. The lowest BCUT2D eigenvalue weighted by Gasteiger charge is -2.19. The molecule has 7 heteroatoms. The van der Waals surface area contributed by atoms with Gasteiger partial charge in [0.2, 0.25) is 15.9 Å². The summed E-state index contributed by atoms with van der Waals surface area (Å²) in [5.41, 5.74) is 2.62. The molecular weight excluding hydrogens is 436 g/mol. The molecule has 0 aliphatic rings. The summed E-state index contributed by atoms with van der Waals surface area (Å²) in [6.45, 7) is 6.54. The van der Waals surface area contributed by atoms with Crippen molar-refractivity contribution in [2.24, 2.45) is 0 Å². The van der Waals surface area contributed by atoms with Crippen LogP contribution in [0.3, 0.4) is 0 Å². The highest BCUT2D eigenvalue weighted by Gasteiger charge is 2.26. The summed E-state index contributed by atoms with van der Waals surface area (Å²) in [5.74, 6) is 0.534. The van der Waals surface area contributed by atoms with Crippen molar-refractivity contribution in [3.8, 4) is 5.75 Å². The number of ether oxygens (including phenoxy) is 1. The highest BCUT2D eigenvalue weighted by molar-refractivity contribution is 7.89. The maximum absolute atomic E-state index is 13.1. The molecule has 2 N–H and O–H groups in total. The molecule has 1 atom stereocenters. The number of hydrogen-bond acceptors (Lipinski definition) is 4. The van der Waals surface area contributed by atoms with Gasteiger partial charge in [0, 0.05) is 5.69 Å². The summed E-state index contributed by atoms with van der Waals surface area (Å²) < 4.78 is 34.1. The van der Waals surface area contributed by atoms with Crippen LogP contribution in [0, 0.1) is 0 Å². The number of rotatable bonds is 10. The van der Waals surface area contributed by atoms with E-state index < -0.39 is 22.0 Å². The van der Waals surface area contributed by atoms with Gasteiger partial charge in [0.1, 0.15) is 11.8 Å². The number of benzene rings is 3. The van der Waals surface area contributed by atoms with Crippen molar-refractivity contribution in [3.05, 3.63) is 90.0 Å². The minimum atomic E-state index is -3.93. The lowest BCUT2D eigenvalue weighted by atomic mass is 10.0. The molecule has 1 amide bonds. The van der Waals surface area contributed by atoms with Crippen molar-refractivity contribution in [1.29, 1.82) is 0 Å². The fourth-order valence-corrected chi connectivity index (χ4v) is 4.55. The Morgan fingerprint density at radius 2 is 1.55 bits per heavy atom. The average Bonchev–Trinajstić information content (AvgIpc) is 2.80. The number of sulfonamides is 1. The van der Waals surface area contributed by atoms with Crippen molar-refractivity contribution >= 4 is 21.6 Å². The van der Waals surface area contributed by atoms with Crippen LogP contribution in [0.2, 0.25) is 0 Å². The van der Waals surface area contributed by atoms with E-state index in [4.69, 9.17) is 4.74 Å². The number of carbonyl (C=O) groups is 1. The van der Waals surface area contributed by atoms with E-state index in [0.29, 0.717) is 24.0 Å². The molecule has 0 saturated carbocycles. The number of anilines is 1. The van der Waals surface area contributed by atoms with Crippen molar-refractivity contribution in [2.45, 2.75) is 44.0 Å². The summed E-state index contributed by atoms with van der Waals surface area (Å²) in [6.07, 6.45) is 0.215. The van der Waals surface area contributed by atoms with E-state index in [1.165, 1.54) is 12.1 Å². The molecule has 0 aromatic heterocycles. The smallest absolute Gasteiger partial charge is 0.242 e. The molecule has 33 heavy (non-hydrogen) atoms. The van der Waals surface area contributed by atoms with Crippen LogP contribution >= 0.6 is 0 Å². The standard InChI is InChI=1S/C26H30N2O4S/c1-4-32-23-14-16-24(17-15-23)33(30,31)28-25(18-20-8-6-5-7-9-20)26(29)27-22-12-10-21(11-13-22)19(2)3/h5-17,19,25,28H,4,18H2,1-3H3,(H,27,29)/t25-/m1/s1. The van der Waals surface area contributed by atoms with E-state index >= 15 is 0 Å². The molecule has 0 heterocycles. The van der Waals surface area contributed by atoms with Gasteiger partial charge in [-0.05, 0) is 66.8 Å². The summed E-state index contributed by atoms with van der Waals surface area (Å²) in [5, 5.41) is 2.84. The fourth-order valence-electron chi connectivity index (χ4n) is 3.36. The minimum absolute atomic E-state index is 0.0677. The predicted octanol–water partition coefficient (Wildman–Crippen LogP) is 4.74. The second kappa shape index (κ2) is 11.1. The zero-order valence-electron chi connectivity index (χ0n) is 19.1. The summed E-state index contributed by atoms with van der Waals surface area (Å²) in [4.78, 5) is 13.2. The topological polar surface area (TPSA) is 84.5 Å². The monoisotopic (exact) mass is 466 g/mol. The van der Waals surface area contributed by atoms with E-state index in [-0.39, 0.29) is 11.3 Å². The Kier molecular flexibility index (Phi) is 8.25. The Balaban J connectivity index is 1.81. The number of carbonyl (C=O) groups excluding carboxylic acids is 1. The van der Waals surface area contributed by atoms with Gasteiger partial charge in [0.05, 0.1) is 11.5 Å². The van der Waals surface area contributed by atoms with Crippen LogP contribution in [0.4, 0.5) is 5.69 Å². The van der Waals surface area contributed by atoms with Crippen LogP contribution in [0.5, 0.6) is 5.75 Å². The van der Waals surface area contributed by atoms with Crippen LogP contribution in [0.25, 0.3) is 0 Å². The van der Waals surface area contributed by atoms with E-state index in [2.05, 4.69) is 23.9 Å². The van der Waals surface area contributed by atoms with E-state index in [0.717, 1.165) is 11.1 Å².